The maximum Gasteiger partial charge on any atom is 0.231 e. The van der Waals surface area contributed by atoms with Crippen LogP contribution in [-0.4, -0.2) is 20.7 Å². The van der Waals surface area contributed by atoms with Gasteiger partial charge in [-0.3, -0.25) is 4.79 Å². The Morgan fingerprint density at radius 2 is 2.00 bits per heavy atom. The molecule has 4 rings (SSSR count). The highest BCUT2D eigenvalue weighted by molar-refractivity contribution is 7.13. The summed E-state index contributed by atoms with van der Waals surface area (Å²) >= 11 is 1.57. The highest BCUT2D eigenvalue weighted by atomic mass is 32.1. The predicted molar refractivity (Wildman–Crippen MR) is 99.6 cm³/mol. The number of anilines is 1. The summed E-state index contributed by atoms with van der Waals surface area (Å²) < 4.78 is 1.96. The molecule has 2 aromatic heterocycles. The zero-order valence-electron chi connectivity index (χ0n) is 13.9. The van der Waals surface area contributed by atoms with Gasteiger partial charge in [0.05, 0.1) is 24.4 Å². The van der Waals surface area contributed by atoms with E-state index < -0.39 is 0 Å². The average molecular weight is 352 g/mol. The number of thiazole rings is 1. The lowest BCUT2D eigenvalue weighted by molar-refractivity contribution is -0.115. The largest absolute Gasteiger partial charge is 0.311 e. The van der Waals surface area contributed by atoms with Gasteiger partial charge in [0.1, 0.15) is 10.8 Å². The first-order chi connectivity index (χ1) is 12.3. The van der Waals surface area contributed by atoms with Crippen molar-refractivity contribution in [3.8, 4) is 10.6 Å². The van der Waals surface area contributed by atoms with E-state index in [1.807, 2.05) is 46.5 Å². The number of rotatable bonds is 5. The molecule has 2 heterocycles. The summed E-state index contributed by atoms with van der Waals surface area (Å²) in [4.78, 5) is 17.0. The summed E-state index contributed by atoms with van der Waals surface area (Å²) in [5, 5.41) is 10.3. The van der Waals surface area contributed by atoms with Crippen LogP contribution in [0.3, 0.4) is 0 Å². The maximum absolute atomic E-state index is 12.4. The molecule has 0 unspecified atom stereocenters. The number of carbonyl (C=O) groups excluding carboxylic acids is 1. The first-order valence-electron chi connectivity index (χ1n) is 8.63. The monoisotopic (exact) mass is 352 g/mol. The molecule has 0 bridgehead atoms. The van der Waals surface area contributed by atoms with Gasteiger partial charge in [-0.1, -0.05) is 43.2 Å². The zero-order valence-corrected chi connectivity index (χ0v) is 14.7. The van der Waals surface area contributed by atoms with Gasteiger partial charge in [-0.15, -0.1) is 11.3 Å². The number of hydrogen-bond acceptors (Lipinski definition) is 4. The lowest BCUT2D eigenvalue weighted by atomic mass is 10.2. The lowest BCUT2D eigenvalue weighted by Crippen LogP contribution is -2.19. The van der Waals surface area contributed by atoms with Gasteiger partial charge in [-0.05, 0) is 12.8 Å². The summed E-state index contributed by atoms with van der Waals surface area (Å²) in [5.74, 6) is 0.736. The molecule has 1 N–H and O–H groups in total. The Morgan fingerprint density at radius 3 is 2.80 bits per heavy atom. The molecule has 5 nitrogen and oxygen atoms in total. The fraction of sp³-hybridized carbons (Fsp3) is 0.316. The van der Waals surface area contributed by atoms with E-state index in [2.05, 4.69) is 15.4 Å². The van der Waals surface area contributed by atoms with Crippen LogP contribution < -0.4 is 5.32 Å². The van der Waals surface area contributed by atoms with E-state index in [0.717, 1.165) is 34.9 Å². The second-order valence-electron chi connectivity index (χ2n) is 6.33. The Labute approximate surface area is 150 Å². The van der Waals surface area contributed by atoms with Crippen LogP contribution in [0, 0.1) is 0 Å². The number of nitrogens with zero attached hydrogens (tertiary/aromatic N) is 3. The van der Waals surface area contributed by atoms with Crippen LogP contribution in [0.2, 0.25) is 0 Å². The van der Waals surface area contributed by atoms with Gasteiger partial charge >= 0.3 is 0 Å². The molecule has 128 valence electrons. The smallest absolute Gasteiger partial charge is 0.231 e. The van der Waals surface area contributed by atoms with Crippen molar-refractivity contribution in [1.29, 1.82) is 0 Å². The van der Waals surface area contributed by atoms with Gasteiger partial charge in [0, 0.05) is 17.0 Å². The van der Waals surface area contributed by atoms with Crippen LogP contribution in [0.15, 0.2) is 48.0 Å². The van der Waals surface area contributed by atoms with Crippen molar-refractivity contribution in [2.75, 3.05) is 5.32 Å². The lowest BCUT2D eigenvalue weighted by Gasteiger charge is -2.14. The molecule has 1 fully saturated rings. The summed E-state index contributed by atoms with van der Waals surface area (Å²) in [6, 6.07) is 12.3. The topological polar surface area (TPSA) is 59.8 Å². The SMILES string of the molecule is O=C(Cc1csc(-c2ccccc2)n1)Nc1ccnn1C1CCCC1. The predicted octanol–water partition coefficient (Wildman–Crippen LogP) is 4.30. The van der Waals surface area contributed by atoms with Crippen LogP contribution in [0.1, 0.15) is 37.4 Å². The van der Waals surface area contributed by atoms with Crippen LogP contribution in [0.25, 0.3) is 10.6 Å². The Morgan fingerprint density at radius 1 is 1.20 bits per heavy atom. The molecule has 3 aromatic rings. The van der Waals surface area contributed by atoms with Crippen molar-refractivity contribution in [3.05, 3.63) is 53.7 Å². The van der Waals surface area contributed by atoms with Crippen LogP contribution in [0.5, 0.6) is 0 Å². The van der Waals surface area contributed by atoms with Gasteiger partial charge in [0.2, 0.25) is 5.91 Å². The van der Waals surface area contributed by atoms with Crippen molar-refractivity contribution in [2.45, 2.75) is 38.1 Å². The van der Waals surface area contributed by atoms with Gasteiger partial charge in [0.25, 0.3) is 0 Å². The van der Waals surface area contributed by atoms with Crippen molar-refractivity contribution in [1.82, 2.24) is 14.8 Å². The molecular formula is C19H20N4OS. The van der Waals surface area contributed by atoms with E-state index in [4.69, 9.17) is 0 Å². The minimum Gasteiger partial charge on any atom is -0.311 e. The normalized spacial score (nSPS) is 14.7. The Balaban J connectivity index is 1.42. The molecule has 0 radical (unpaired) electrons. The number of carbonyl (C=O) groups is 1. The fourth-order valence-electron chi connectivity index (χ4n) is 3.31. The molecule has 0 atom stereocenters. The highest BCUT2D eigenvalue weighted by Gasteiger charge is 2.20. The van der Waals surface area contributed by atoms with Gasteiger partial charge in [-0.2, -0.15) is 5.10 Å². The van der Waals surface area contributed by atoms with Crippen LogP contribution in [-0.2, 0) is 11.2 Å². The standard InChI is InChI=1S/C19H20N4OS/c24-18(22-17-10-11-20-23(17)16-8-4-5-9-16)12-15-13-25-19(21-15)14-6-2-1-3-7-14/h1-3,6-7,10-11,13,16H,4-5,8-9,12H2,(H,22,24). The molecule has 0 saturated heterocycles. The number of nitrogens with one attached hydrogen (secondary N) is 1. The second kappa shape index (κ2) is 7.19. The Bertz CT molecular complexity index is 849. The molecule has 0 aliphatic heterocycles. The third-order valence-corrected chi connectivity index (χ3v) is 5.46. The molecule has 0 spiro atoms. The van der Waals surface area contributed by atoms with Crippen molar-refractivity contribution in [3.63, 3.8) is 0 Å². The molecule has 1 saturated carbocycles. The van der Waals surface area contributed by atoms with Crippen molar-refractivity contribution >= 4 is 23.1 Å². The molecule has 6 heteroatoms. The quantitative estimate of drug-likeness (QED) is 0.744. The number of benzene rings is 1. The van der Waals surface area contributed by atoms with Gasteiger partial charge in [0.15, 0.2) is 0 Å². The summed E-state index contributed by atoms with van der Waals surface area (Å²) in [5.41, 5.74) is 1.88. The van der Waals surface area contributed by atoms with E-state index in [-0.39, 0.29) is 12.3 Å². The van der Waals surface area contributed by atoms with Gasteiger partial charge < -0.3 is 5.32 Å². The average Bonchev–Trinajstić information content (AvgIpc) is 3.37. The molecular weight excluding hydrogens is 332 g/mol. The number of aromatic nitrogens is 3. The van der Waals surface area contributed by atoms with Crippen molar-refractivity contribution in [2.24, 2.45) is 0 Å². The van der Waals surface area contributed by atoms with E-state index >= 15 is 0 Å². The minimum atomic E-state index is -0.0512. The van der Waals surface area contributed by atoms with Gasteiger partial charge in [-0.25, -0.2) is 9.67 Å². The third kappa shape index (κ3) is 3.64. The van der Waals surface area contributed by atoms with Crippen LogP contribution in [0.4, 0.5) is 5.82 Å². The van der Waals surface area contributed by atoms with E-state index in [1.165, 1.54) is 12.8 Å². The summed E-state index contributed by atoms with van der Waals surface area (Å²) in [6.07, 6.45) is 6.77. The van der Waals surface area contributed by atoms with E-state index in [0.29, 0.717) is 6.04 Å². The summed E-state index contributed by atoms with van der Waals surface area (Å²) in [7, 11) is 0. The molecule has 25 heavy (non-hydrogen) atoms. The fourth-order valence-corrected chi connectivity index (χ4v) is 4.13. The minimum absolute atomic E-state index is 0.0512. The summed E-state index contributed by atoms with van der Waals surface area (Å²) in [6.45, 7) is 0. The zero-order chi connectivity index (χ0) is 17.1. The first-order valence-corrected chi connectivity index (χ1v) is 9.51. The number of amides is 1. The highest BCUT2D eigenvalue weighted by Crippen LogP contribution is 2.31. The second-order valence-corrected chi connectivity index (χ2v) is 7.19. The number of hydrogen-bond donors (Lipinski definition) is 1. The Kier molecular flexibility index (Phi) is 4.61. The third-order valence-electron chi connectivity index (χ3n) is 4.52. The molecule has 1 aromatic carbocycles. The van der Waals surface area contributed by atoms with Crippen LogP contribution >= 0.6 is 11.3 Å². The molecule has 1 aliphatic carbocycles. The van der Waals surface area contributed by atoms with E-state index in [1.54, 1.807) is 17.5 Å². The van der Waals surface area contributed by atoms with E-state index in [9.17, 15) is 4.79 Å². The molecule has 1 aliphatic rings. The maximum atomic E-state index is 12.4. The first kappa shape index (κ1) is 16.0. The van der Waals surface area contributed by atoms with Crippen molar-refractivity contribution < 1.29 is 4.79 Å². The molecule has 1 amide bonds. The Hall–Kier alpha value is -2.47.